The Morgan fingerprint density at radius 2 is 1.43 bits per heavy atom. The van der Waals surface area contributed by atoms with Gasteiger partial charge in [-0.05, 0) is 0 Å². The zero-order valence-electron chi connectivity index (χ0n) is 3.27. The van der Waals surface area contributed by atoms with E-state index in [1.54, 1.807) is 0 Å². The maximum absolute atomic E-state index is 8.81. The van der Waals surface area contributed by atoms with Crippen molar-refractivity contribution < 1.29 is 14.8 Å². The van der Waals surface area contributed by atoms with E-state index in [4.69, 9.17) is 19.7 Å². The van der Waals surface area contributed by atoms with Gasteiger partial charge in [-0.15, -0.1) is 4.91 Å². The van der Waals surface area contributed by atoms with Crippen molar-refractivity contribution in [1.29, 1.82) is 0 Å². The summed E-state index contributed by atoms with van der Waals surface area (Å²) in [5.74, 6) is 0. The first-order chi connectivity index (χ1) is 3.33. The van der Waals surface area contributed by atoms with E-state index >= 15 is 0 Å². The molecule has 0 aromatic rings. The fraction of sp³-hybridized carbons (Fsp3) is 0. The van der Waals surface area contributed by atoms with Gasteiger partial charge in [0.15, 0.2) is 17.9 Å². The van der Waals surface area contributed by atoms with Crippen molar-refractivity contribution in [2.75, 3.05) is 0 Å². The molecule has 0 aliphatic heterocycles. The highest BCUT2D eigenvalue weighted by Crippen LogP contribution is 1.25. The smallest absolute Gasteiger partial charge is 0.182 e. The van der Waals surface area contributed by atoms with Crippen LogP contribution in [-0.4, -0.2) is 17.8 Å². The largest absolute Gasteiger partial charge is 0.379 e. The Morgan fingerprint density at radius 1 is 1.29 bits per heavy atom. The SMILES string of the molecule is O=CC=O.O=NO. The fourth-order valence-corrected chi connectivity index (χ4v) is 0. The normalized spacial score (nSPS) is 4.57. The molecule has 0 aliphatic rings. The first-order valence-corrected chi connectivity index (χ1v) is 1.19. The maximum Gasteiger partial charge on any atom is 0.182 e. The summed E-state index contributed by atoms with van der Waals surface area (Å²) in [5.41, 5.74) is 0. The topological polar surface area (TPSA) is 83.8 Å². The Kier molecular flexibility index (Phi) is 28.8. The van der Waals surface area contributed by atoms with Gasteiger partial charge in [0.25, 0.3) is 0 Å². The van der Waals surface area contributed by atoms with Crippen LogP contribution >= 0.6 is 0 Å². The Bertz CT molecular complexity index is 54.7. The average Bonchev–Trinajstić information content (AvgIpc) is 1.69. The summed E-state index contributed by atoms with van der Waals surface area (Å²) in [7, 11) is 0. The first kappa shape index (κ1) is 9.22. The van der Waals surface area contributed by atoms with Crippen LogP contribution in [0.5, 0.6) is 0 Å². The molecule has 0 bridgehead atoms. The van der Waals surface area contributed by atoms with Gasteiger partial charge in [-0.25, -0.2) is 0 Å². The van der Waals surface area contributed by atoms with E-state index in [1.165, 1.54) is 5.34 Å². The van der Waals surface area contributed by atoms with Gasteiger partial charge in [0.05, 0.1) is 0 Å². The number of nitrogens with zero attached hydrogens (tertiary/aromatic N) is 1. The molecule has 0 atom stereocenters. The van der Waals surface area contributed by atoms with E-state index in [0.717, 1.165) is 0 Å². The third-order valence-corrected chi connectivity index (χ3v) is 0.0556. The van der Waals surface area contributed by atoms with Crippen molar-refractivity contribution in [3.8, 4) is 0 Å². The van der Waals surface area contributed by atoms with Crippen LogP contribution in [0.15, 0.2) is 5.34 Å². The Morgan fingerprint density at radius 3 is 1.43 bits per heavy atom. The number of carbonyl (C=O) groups is 2. The maximum atomic E-state index is 8.81. The average molecular weight is 105 g/mol. The molecule has 40 valence electrons. The van der Waals surface area contributed by atoms with Crippen molar-refractivity contribution in [3.05, 3.63) is 4.91 Å². The molecule has 0 radical (unpaired) electrons. The Balaban J connectivity index is 0. The number of hydrogen-bond donors (Lipinski definition) is 1. The number of carbonyl (C=O) groups excluding carboxylic acids is 2. The fourth-order valence-electron chi connectivity index (χ4n) is 0. The van der Waals surface area contributed by atoms with Gasteiger partial charge in [0, 0.05) is 0 Å². The monoisotopic (exact) mass is 105 g/mol. The van der Waals surface area contributed by atoms with Crippen molar-refractivity contribution >= 4 is 12.6 Å². The summed E-state index contributed by atoms with van der Waals surface area (Å²) in [6.45, 7) is 0. The van der Waals surface area contributed by atoms with E-state index < -0.39 is 0 Å². The van der Waals surface area contributed by atoms with Crippen LogP contribution in [0.1, 0.15) is 0 Å². The van der Waals surface area contributed by atoms with Gasteiger partial charge in [-0.2, -0.15) is 0 Å². The zero-order valence-corrected chi connectivity index (χ0v) is 3.27. The van der Waals surface area contributed by atoms with Crippen molar-refractivity contribution in [3.63, 3.8) is 0 Å². The summed E-state index contributed by atoms with van der Waals surface area (Å²) >= 11 is 0. The molecule has 0 fully saturated rings. The molecule has 0 rings (SSSR count). The Labute approximate surface area is 38.9 Å². The third kappa shape index (κ3) is 526. The second-order valence-corrected chi connectivity index (χ2v) is 0.354. The lowest BCUT2D eigenvalue weighted by atomic mass is 10.9. The highest BCUT2D eigenvalue weighted by Gasteiger charge is 1.47. The number of rotatable bonds is 1. The van der Waals surface area contributed by atoms with Gasteiger partial charge in [0.2, 0.25) is 0 Å². The van der Waals surface area contributed by atoms with E-state index in [9.17, 15) is 0 Å². The quantitative estimate of drug-likeness (QED) is 0.211. The predicted molar refractivity (Wildman–Crippen MR) is 19.7 cm³/mol. The lowest BCUT2D eigenvalue weighted by Gasteiger charge is -1.32. The van der Waals surface area contributed by atoms with Gasteiger partial charge in [-0.1, -0.05) is 0 Å². The van der Waals surface area contributed by atoms with Crippen LogP contribution < -0.4 is 0 Å². The summed E-state index contributed by atoms with van der Waals surface area (Å²) < 4.78 is 0. The lowest BCUT2D eigenvalue weighted by Crippen LogP contribution is -1.62. The summed E-state index contributed by atoms with van der Waals surface area (Å²) in [6, 6.07) is 0. The van der Waals surface area contributed by atoms with Crippen LogP contribution in [0.3, 0.4) is 0 Å². The van der Waals surface area contributed by atoms with E-state index in [2.05, 4.69) is 0 Å². The number of hydrogen-bond acceptors (Lipinski definition) is 4. The van der Waals surface area contributed by atoms with Crippen LogP contribution in [0.25, 0.3) is 0 Å². The van der Waals surface area contributed by atoms with Crippen LogP contribution in [0.2, 0.25) is 0 Å². The van der Waals surface area contributed by atoms with Gasteiger partial charge in [-0.3, -0.25) is 9.59 Å². The minimum Gasteiger partial charge on any atom is -0.379 e. The molecule has 0 saturated heterocycles. The highest BCUT2D eigenvalue weighted by atomic mass is 16.6. The lowest BCUT2D eigenvalue weighted by molar-refractivity contribution is -0.122. The molecule has 0 unspecified atom stereocenters. The molecule has 0 amide bonds. The number of aldehydes is 2. The summed E-state index contributed by atoms with van der Waals surface area (Å²) in [5, 5.41) is 7.89. The molecule has 0 saturated carbocycles. The second kappa shape index (κ2) is 21.9. The van der Waals surface area contributed by atoms with Crippen LogP contribution in [-0.2, 0) is 9.59 Å². The summed E-state index contributed by atoms with van der Waals surface area (Å²) in [6.07, 6.45) is 0.389. The van der Waals surface area contributed by atoms with Crippen molar-refractivity contribution in [1.82, 2.24) is 0 Å². The van der Waals surface area contributed by atoms with Crippen molar-refractivity contribution in [2.45, 2.75) is 0 Å². The van der Waals surface area contributed by atoms with E-state index in [0.29, 0.717) is 0 Å². The van der Waals surface area contributed by atoms with E-state index in [1.807, 2.05) is 0 Å². The molecule has 0 spiro atoms. The van der Waals surface area contributed by atoms with E-state index in [-0.39, 0.29) is 12.6 Å². The van der Waals surface area contributed by atoms with Crippen LogP contribution in [0.4, 0.5) is 0 Å². The molecule has 0 aromatic carbocycles. The standard InChI is InChI=1S/C2H2O2.HNO2/c3-1-2-4;2-1-3/h1-2H;(H,2,3). The third-order valence-electron chi connectivity index (χ3n) is 0.0556. The molecule has 0 aromatic heterocycles. The van der Waals surface area contributed by atoms with Gasteiger partial charge < -0.3 is 5.21 Å². The van der Waals surface area contributed by atoms with Crippen LogP contribution in [0, 0.1) is 4.91 Å². The highest BCUT2D eigenvalue weighted by molar-refractivity contribution is 6.09. The molecule has 0 heterocycles. The van der Waals surface area contributed by atoms with Gasteiger partial charge in [0.1, 0.15) is 0 Å². The zero-order chi connectivity index (χ0) is 6.12. The first-order valence-electron chi connectivity index (χ1n) is 1.19. The molecule has 1 N–H and O–H groups in total. The minimum absolute atomic E-state index is 0.194. The predicted octanol–water partition coefficient (Wildman–Crippen LogP) is -0.474. The molecule has 0 aliphatic carbocycles. The minimum atomic E-state index is 0.194. The van der Waals surface area contributed by atoms with Gasteiger partial charge >= 0.3 is 0 Å². The molecular weight excluding hydrogens is 102 g/mol. The molecule has 7 heavy (non-hydrogen) atoms. The second-order valence-electron chi connectivity index (χ2n) is 0.354. The molecule has 5 nitrogen and oxygen atoms in total. The summed E-state index contributed by atoms with van der Waals surface area (Å²) in [4.78, 5) is 25.7. The molecular formula is C2H3NO4. The Hall–Kier alpha value is -1.26. The van der Waals surface area contributed by atoms with Crippen molar-refractivity contribution in [2.24, 2.45) is 5.34 Å². The molecule has 5 heteroatoms.